The number of hydrogen-bond acceptors (Lipinski definition) is 12. The first-order valence-electron chi connectivity index (χ1n) is 25.4. The number of nitrogens with one attached hydrogen (secondary N) is 9. The SMILES string of the molecule is CC(C)C[C@H](NC(=O)[C@H](CC(C)C)NC(=O)[C@H](Cc1cnc[nH]1)NC(=O)CN1CC[C@H](NC(=O)[C@H](C)NC(=O)[C@H](Cc2c[nH]c3ccccc23)NC(=O)[C@H](CCC(N)=O)NC(=O)[C@H](N)Cc2ccccc2)C1=O)C(N)=O. The molecule has 0 aliphatic carbocycles. The summed E-state index contributed by atoms with van der Waals surface area (Å²) < 4.78 is 0. The van der Waals surface area contributed by atoms with Gasteiger partial charge in [-0.1, -0.05) is 76.2 Å². The van der Waals surface area contributed by atoms with E-state index in [9.17, 15) is 47.9 Å². The van der Waals surface area contributed by atoms with E-state index in [1.165, 1.54) is 24.3 Å². The van der Waals surface area contributed by atoms with Gasteiger partial charge in [0.05, 0.1) is 18.9 Å². The van der Waals surface area contributed by atoms with Gasteiger partial charge in [-0.2, -0.15) is 0 Å². The minimum absolute atomic E-state index is 0.0302. The van der Waals surface area contributed by atoms with E-state index in [0.29, 0.717) is 11.3 Å². The number of amides is 10. The lowest BCUT2D eigenvalue weighted by Gasteiger charge is -2.26. The number of nitrogens with zero attached hydrogens (tertiary/aromatic N) is 2. The van der Waals surface area contributed by atoms with Crippen molar-refractivity contribution in [2.45, 2.75) is 134 Å². The number of H-pyrrole nitrogens is 2. The lowest BCUT2D eigenvalue weighted by Crippen LogP contribution is -2.58. The van der Waals surface area contributed by atoms with Crippen LogP contribution in [0.2, 0.25) is 0 Å². The van der Waals surface area contributed by atoms with Crippen LogP contribution in [0.25, 0.3) is 10.9 Å². The molecule has 5 rings (SSSR count). The molecule has 0 saturated carbocycles. The van der Waals surface area contributed by atoms with Gasteiger partial charge >= 0.3 is 0 Å². The number of nitrogens with two attached hydrogens (primary N) is 3. The zero-order valence-electron chi connectivity index (χ0n) is 43.5. The number of benzene rings is 2. The molecule has 1 fully saturated rings. The lowest BCUT2D eigenvalue weighted by atomic mass is 9.99. The molecular weight excluding hydrogens is 981 g/mol. The van der Waals surface area contributed by atoms with Crippen LogP contribution in [0, 0.1) is 11.8 Å². The Kier molecular flexibility index (Phi) is 21.6. The molecule has 1 saturated heterocycles. The molecule has 1 aliphatic heterocycles. The maximum absolute atomic E-state index is 14.1. The third-order valence-electron chi connectivity index (χ3n) is 12.7. The second-order valence-electron chi connectivity index (χ2n) is 20.0. The molecule has 0 bridgehead atoms. The van der Waals surface area contributed by atoms with Crippen LogP contribution in [0.15, 0.2) is 73.3 Å². The van der Waals surface area contributed by atoms with Crippen LogP contribution in [0.4, 0.5) is 0 Å². The number of aromatic nitrogens is 3. The van der Waals surface area contributed by atoms with E-state index in [4.69, 9.17) is 17.2 Å². The average Bonchev–Trinajstić information content (AvgIpc) is 4.12. The molecule has 2 aromatic heterocycles. The van der Waals surface area contributed by atoms with Crippen molar-refractivity contribution in [3.05, 3.63) is 90.1 Å². The summed E-state index contributed by atoms with van der Waals surface area (Å²) in [6, 6.07) is 6.87. The van der Waals surface area contributed by atoms with E-state index >= 15 is 0 Å². The van der Waals surface area contributed by atoms with Crippen molar-refractivity contribution in [2.75, 3.05) is 13.1 Å². The molecule has 1 aliphatic rings. The Morgan fingerprint density at radius 3 is 1.92 bits per heavy atom. The molecule has 410 valence electrons. The molecule has 15 N–H and O–H groups in total. The summed E-state index contributed by atoms with van der Waals surface area (Å²) >= 11 is 0. The van der Waals surface area contributed by atoms with Crippen molar-refractivity contribution in [3.8, 4) is 0 Å². The highest BCUT2D eigenvalue weighted by Gasteiger charge is 2.37. The number of carbonyl (C=O) groups is 10. The maximum Gasteiger partial charge on any atom is 0.245 e. The molecule has 2 aromatic carbocycles. The fourth-order valence-corrected chi connectivity index (χ4v) is 8.71. The third kappa shape index (κ3) is 17.8. The first kappa shape index (κ1) is 58.7. The molecule has 0 radical (unpaired) electrons. The fourth-order valence-electron chi connectivity index (χ4n) is 8.71. The second kappa shape index (κ2) is 27.9. The number of primary amides is 2. The van der Waals surface area contributed by atoms with Crippen LogP contribution in [0.1, 0.15) is 83.5 Å². The van der Waals surface area contributed by atoms with Gasteiger partial charge < -0.3 is 69.3 Å². The van der Waals surface area contributed by atoms with Crippen LogP contribution in [-0.2, 0) is 67.2 Å². The molecule has 10 amide bonds. The average molecular weight is 1050 g/mol. The van der Waals surface area contributed by atoms with Gasteiger partial charge in [-0.15, -0.1) is 0 Å². The summed E-state index contributed by atoms with van der Waals surface area (Å²) in [4.78, 5) is 145. The van der Waals surface area contributed by atoms with E-state index in [1.54, 1.807) is 36.5 Å². The van der Waals surface area contributed by atoms with Crippen LogP contribution in [-0.4, -0.2) is 140 Å². The number of fused-ring (bicyclic) bond motifs is 1. The predicted molar refractivity (Wildman–Crippen MR) is 279 cm³/mol. The van der Waals surface area contributed by atoms with E-state index in [2.05, 4.69) is 52.2 Å². The molecule has 4 aromatic rings. The van der Waals surface area contributed by atoms with Gasteiger partial charge in [-0.25, -0.2) is 4.98 Å². The van der Waals surface area contributed by atoms with Crippen LogP contribution in [0.5, 0.6) is 0 Å². The standard InChI is InChI=1S/C52H72N14O10/c1-28(2)19-39(45(55)69)63-50(74)40(20-29(3)4)64-51(75)42(23-33-25-56-27-58-33)60-44(68)26-66-18-17-38(52(66)76)62-46(70)30(5)59-49(73)41(22-32-24-57-36-14-10-9-13-34(32)36)65-48(72)37(15-16-43(54)67)61-47(71)35(53)21-31-11-7-6-8-12-31/h6-14,24-25,27-30,35,37-42,57H,15-23,26,53H2,1-5H3,(H2,54,67)(H2,55,69)(H,56,58)(H,59,73)(H,60,68)(H,61,71)(H,62,70)(H,63,74)(H,64,75)(H,65,72)/t30-,35+,37-,38-,39-,40-,41-,42-/m0/s1. The summed E-state index contributed by atoms with van der Waals surface area (Å²) in [5.74, 6) is -7.18. The maximum atomic E-state index is 14.1. The minimum atomic E-state index is -1.34. The highest BCUT2D eigenvalue weighted by molar-refractivity contribution is 5.98. The Morgan fingerprint density at radius 1 is 0.671 bits per heavy atom. The molecule has 76 heavy (non-hydrogen) atoms. The van der Waals surface area contributed by atoms with Crippen LogP contribution < -0.4 is 54.4 Å². The number of carbonyl (C=O) groups excluding carboxylic acids is 10. The number of imidazole rings is 1. The van der Waals surface area contributed by atoms with Crippen molar-refractivity contribution in [3.63, 3.8) is 0 Å². The molecule has 0 spiro atoms. The monoisotopic (exact) mass is 1050 g/mol. The lowest BCUT2D eigenvalue weighted by molar-refractivity contribution is -0.137. The van der Waals surface area contributed by atoms with Gasteiger partial charge in [0.1, 0.15) is 42.3 Å². The molecule has 3 heterocycles. The summed E-state index contributed by atoms with van der Waals surface area (Å²) in [6.07, 6.45) is 4.63. The molecule has 24 heteroatoms. The number of likely N-dealkylation sites (tertiary alicyclic amines) is 1. The van der Waals surface area contributed by atoms with Gasteiger partial charge in [0.2, 0.25) is 59.1 Å². The first-order chi connectivity index (χ1) is 36.1. The zero-order chi connectivity index (χ0) is 55.6. The van der Waals surface area contributed by atoms with E-state index in [1.807, 2.05) is 52.0 Å². The van der Waals surface area contributed by atoms with E-state index in [0.717, 1.165) is 16.5 Å². The van der Waals surface area contributed by atoms with Crippen molar-refractivity contribution in [1.82, 2.24) is 57.1 Å². The highest BCUT2D eigenvalue weighted by atomic mass is 16.2. The van der Waals surface area contributed by atoms with Crippen LogP contribution in [0.3, 0.4) is 0 Å². The van der Waals surface area contributed by atoms with Crippen molar-refractivity contribution in [1.29, 1.82) is 0 Å². The Balaban J connectivity index is 1.23. The predicted octanol–water partition coefficient (Wildman–Crippen LogP) is -1.27. The molecule has 8 atom stereocenters. The van der Waals surface area contributed by atoms with Crippen molar-refractivity contribution >= 4 is 70.0 Å². The van der Waals surface area contributed by atoms with Crippen molar-refractivity contribution in [2.24, 2.45) is 29.0 Å². The minimum Gasteiger partial charge on any atom is -0.370 e. The van der Waals surface area contributed by atoms with Crippen LogP contribution >= 0.6 is 0 Å². The van der Waals surface area contributed by atoms with Gasteiger partial charge in [0.15, 0.2) is 0 Å². The number of rotatable bonds is 29. The third-order valence-corrected chi connectivity index (χ3v) is 12.7. The van der Waals surface area contributed by atoms with Gasteiger partial charge in [0.25, 0.3) is 0 Å². The number of hydrogen-bond donors (Lipinski definition) is 12. The molecule has 0 unspecified atom stereocenters. The highest BCUT2D eigenvalue weighted by Crippen LogP contribution is 2.20. The molecular formula is C52H72N14O10. The first-order valence-corrected chi connectivity index (χ1v) is 25.4. The topological polar surface area (TPSA) is 381 Å². The van der Waals surface area contributed by atoms with E-state index in [-0.39, 0.29) is 69.7 Å². The Bertz CT molecular complexity index is 2680. The largest absolute Gasteiger partial charge is 0.370 e. The summed E-state index contributed by atoms with van der Waals surface area (Å²) in [5, 5.41) is 19.3. The van der Waals surface area contributed by atoms with Gasteiger partial charge in [0, 0.05) is 54.8 Å². The normalized spacial score (nSPS) is 16.1. The number of para-hydroxylation sites is 1. The Morgan fingerprint density at radius 2 is 1.26 bits per heavy atom. The second-order valence-corrected chi connectivity index (χ2v) is 20.0. The summed E-state index contributed by atoms with van der Waals surface area (Å²) in [5.41, 5.74) is 19.9. The van der Waals surface area contributed by atoms with Crippen molar-refractivity contribution < 1.29 is 47.9 Å². The zero-order valence-corrected chi connectivity index (χ0v) is 43.5. The van der Waals surface area contributed by atoms with Gasteiger partial charge in [-0.3, -0.25) is 47.9 Å². The summed E-state index contributed by atoms with van der Waals surface area (Å²) in [6.45, 7) is 8.38. The fraction of sp³-hybridized carbons (Fsp3) is 0.481. The Labute approximate surface area is 440 Å². The quantitative estimate of drug-likeness (QED) is 0.0303. The smallest absolute Gasteiger partial charge is 0.245 e. The van der Waals surface area contributed by atoms with Gasteiger partial charge in [-0.05, 0) is 68.1 Å². The number of aromatic amines is 2. The van der Waals surface area contributed by atoms with E-state index < -0.39 is 114 Å². The molecule has 24 nitrogen and oxygen atoms in total. The Hall–Kier alpha value is -8.15. The summed E-state index contributed by atoms with van der Waals surface area (Å²) in [7, 11) is 0.